The zero-order chi connectivity index (χ0) is 12.7. The number of amides is 2. The fraction of sp³-hybridized carbons (Fsp3) is 0.636. The molecule has 17 heavy (non-hydrogen) atoms. The van der Waals surface area contributed by atoms with Gasteiger partial charge in [0, 0.05) is 12.8 Å². The number of nitriles is 2. The minimum absolute atomic E-state index is 0.151. The van der Waals surface area contributed by atoms with E-state index in [4.69, 9.17) is 10.5 Å². The fourth-order valence-electron chi connectivity index (χ4n) is 1.77. The molecule has 0 spiro atoms. The second-order valence-electron chi connectivity index (χ2n) is 3.94. The Balaban J connectivity index is 2.52. The molecule has 0 atom stereocenters. The highest BCUT2D eigenvalue weighted by Crippen LogP contribution is 2.09. The lowest BCUT2D eigenvalue weighted by Crippen LogP contribution is -3.13. The fourth-order valence-corrected chi connectivity index (χ4v) is 1.77. The predicted molar refractivity (Wildman–Crippen MR) is 57.1 cm³/mol. The first-order valence-corrected chi connectivity index (χ1v) is 5.59. The second-order valence-corrected chi connectivity index (χ2v) is 3.94. The summed E-state index contributed by atoms with van der Waals surface area (Å²) in [5, 5.41) is 17.1. The van der Waals surface area contributed by atoms with E-state index >= 15 is 0 Å². The third-order valence-electron chi connectivity index (χ3n) is 2.72. The number of nitrogens with zero attached hydrogens (tertiary/aromatic N) is 3. The number of nitrogens with one attached hydrogen (secondary N) is 1. The van der Waals surface area contributed by atoms with Crippen LogP contribution in [0.2, 0.25) is 0 Å². The lowest BCUT2D eigenvalue weighted by atomic mass is 10.3. The summed E-state index contributed by atoms with van der Waals surface area (Å²) in [7, 11) is 0. The molecule has 1 fully saturated rings. The van der Waals surface area contributed by atoms with Gasteiger partial charge in [-0.15, -0.1) is 0 Å². The van der Waals surface area contributed by atoms with Crippen LogP contribution >= 0.6 is 0 Å². The van der Waals surface area contributed by atoms with E-state index < -0.39 is 0 Å². The molecule has 0 aromatic carbocycles. The molecule has 90 valence electrons. The molecule has 0 aromatic heterocycles. The summed E-state index contributed by atoms with van der Waals surface area (Å²) < 4.78 is 0. The number of imide groups is 1. The van der Waals surface area contributed by atoms with E-state index in [1.54, 1.807) is 0 Å². The first kappa shape index (κ1) is 13.1. The number of quaternary nitrogens is 1. The summed E-state index contributed by atoms with van der Waals surface area (Å²) in [4.78, 5) is 25.0. The highest BCUT2D eigenvalue weighted by atomic mass is 16.2. The van der Waals surface area contributed by atoms with E-state index in [-0.39, 0.29) is 31.3 Å². The smallest absolute Gasteiger partial charge is 0.234 e. The maximum absolute atomic E-state index is 11.4. The van der Waals surface area contributed by atoms with E-state index in [1.165, 1.54) is 4.90 Å². The van der Waals surface area contributed by atoms with Crippen LogP contribution in [0.15, 0.2) is 0 Å². The molecule has 0 bridgehead atoms. The topological polar surface area (TPSA) is 89.4 Å². The van der Waals surface area contributed by atoms with Crippen molar-refractivity contribution in [2.24, 2.45) is 0 Å². The Bertz CT molecular complexity index is 346. The zero-order valence-electron chi connectivity index (χ0n) is 9.61. The van der Waals surface area contributed by atoms with Crippen LogP contribution in [0.1, 0.15) is 25.7 Å². The molecular formula is C11H15N4O2+. The van der Waals surface area contributed by atoms with Gasteiger partial charge in [-0.3, -0.25) is 9.59 Å². The van der Waals surface area contributed by atoms with Crippen molar-refractivity contribution in [3.05, 3.63) is 0 Å². The summed E-state index contributed by atoms with van der Waals surface area (Å²) in [6.45, 7) is 1.38. The average molecular weight is 235 g/mol. The summed E-state index contributed by atoms with van der Waals surface area (Å²) in [6, 6.07) is 4.06. The minimum Gasteiger partial charge on any atom is -0.316 e. The van der Waals surface area contributed by atoms with Crippen molar-refractivity contribution in [1.82, 2.24) is 4.90 Å². The Labute approximate surface area is 100 Å². The van der Waals surface area contributed by atoms with Crippen LogP contribution in [0.4, 0.5) is 0 Å². The van der Waals surface area contributed by atoms with Gasteiger partial charge in [0.05, 0.1) is 38.1 Å². The molecule has 1 aliphatic rings. The van der Waals surface area contributed by atoms with Crippen LogP contribution in [0.25, 0.3) is 0 Å². The lowest BCUT2D eigenvalue weighted by molar-refractivity contribution is -0.906. The van der Waals surface area contributed by atoms with E-state index in [9.17, 15) is 9.59 Å². The Morgan fingerprint density at radius 2 is 1.53 bits per heavy atom. The van der Waals surface area contributed by atoms with Gasteiger partial charge < -0.3 is 4.90 Å². The number of likely N-dealkylation sites (tertiary alicyclic amines) is 1. The molecule has 6 nitrogen and oxygen atoms in total. The summed E-state index contributed by atoms with van der Waals surface area (Å²) in [6.07, 6.45) is 1.28. The first-order chi connectivity index (χ1) is 8.19. The van der Waals surface area contributed by atoms with Gasteiger partial charge in [-0.2, -0.15) is 10.5 Å². The lowest BCUT2D eigenvalue weighted by Gasteiger charge is -2.22. The van der Waals surface area contributed by atoms with Crippen LogP contribution in [-0.2, 0) is 9.59 Å². The molecule has 0 unspecified atom stereocenters. The first-order valence-electron chi connectivity index (χ1n) is 5.59. The molecule has 1 rings (SSSR count). The number of rotatable bonds is 6. The second kappa shape index (κ2) is 6.62. The van der Waals surface area contributed by atoms with Crippen molar-refractivity contribution in [1.29, 1.82) is 10.5 Å². The van der Waals surface area contributed by atoms with E-state index in [2.05, 4.69) is 0 Å². The Hall–Kier alpha value is -1.92. The van der Waals surface area contributed by atoms with Gasteiger partial charge in [0.2, 0.25) is 11.8 Å². The highest BCUT2D eigenvalue weighted by Gasteiger charge is 2.31. The van der Waals surface area contributed by atoms with Crippen LogP contribution in [-0.4, -0.2) is 36.5 Å². The molecule has 1 heterocycles. The van der Waals surface area contributed by atoms with Gasteiger partial charge in [0.25, 0.3) is 0 Å². The van der Waals surface area contributed by atoms with Crippen LogP contribution < -0.4 is 4.90 Å². The monoisotopic (exact) mass is 235 g/mol. The van der Waals surface area contributed by atoms with E-state index in [1.807, 2.05) is 12.1 Å². The molecule has 6 heteroatoms. The Morgan fingerprint density at radius 3 is 1.94 bits per heavy atom. The quantitative estimate of drug-likeness (QED) is 0.586. The molecule has 1 N–H and O–H groups in total. The molecular weight excluding hydrogens is 220 g/mol. The molecule has 0 aromatic rings. The van der Waals surface area contributed by atoms with Gasteiger partial charge in [0.1, 0.15) is 0 Å². The standard InChI is InChI=1S/C11H14N4O2/c12-5-1-7-14(8-2-6-13)9-15-10(16)3-4-11(15)17/h1-4,7-9H2/p+1. The largest absolute Gasteiger partial charge is 0.316 e. The normalized spacial score (nSPS) is 15.1. The van der Waals surface area contributed by atoms with Crippen molar-refractivity contribution in [2.45, 2.75) is 25.7 Å². The van der Waals surface area contributed by atoms with Crippen molar-refractivity contribution in [3.63, 3.8) is 0 Å². The Morgan fingerprint density at radius 1 is 1.06 bits per heavy atom. The molecule has 1 aliphatic heterocycles. The Kier molecular flexibility index (Phi) is 5.12. The van der Waals surface area contributed by atoms with Gasteiger partial charge >= 0.3 is 0 Å². The number of hydrogen-bond donors (Lipinski definition) is 1. The molecule has 0 aliphatic carbocycles. The third-order valence-corrected chi connectivity index (χ3v) is 2.72. The van der Waals surface area contributed by atoms with Crippen molar-refractivity contribution >= 4 is 11.8 Å². The zero-order valence-corrected chi connectivity index (χ0v) is 9.61. The van der Waals surface area contributed by atoms with Gasteiger partial charge in [-0.1, -0.05) is 0 Å². The highest BCUT2D eigenvalue weighted by molar-refractivity contribution is 6.01. The number of hydrogen-bond acceptors (Lipinski definition) is 4. The van der Waals surface area contributed by atoms with Gasteiger partial charge in [-0.05, 0) is 0 Å². The molecule has 0 radical (unpaired) electrons. The maximum atomic E-state index is 11.4. The molecule has 1 saturated heterocycles. The maximum Gasteiger partial charge on any atom is 0.234 e. The van der Waals surface area contributed by atoms with Crippen LogP contribution in [0, 0.1) is 22.7 Å². The number of carbonyl (C=O) groups is 2. The summed E-state index contributed by atoms with van der Waals surface area (Å²) in [5.74, 6) is -0.303. The predicted octanol–water partition coefficient (Wildman–Crippen LogP) is -1.19. The number of carbonyl (C=O) groups excluding carboxylic acids is 2. The summed E-state index contributed by atoms with van der Waals surface area (Å²) in [5.41, 5.74) is 0. The SMILES string of the molecule is N#CCC[NH+](CCC#N)CN1C(=O)CCC1=O. The van der Waals surface area contributed by atoms with Crippen molar-refractivity contribution in [3.8, 4) is 12.1 Å². The van der Waals surface area contributed by atoms with Gasteiger partial charge in [-0.25, -0.2) is 4.90 Å². The van der Waals surface area contributed by atoms with Crippen molar-refractivity contribution in [2.75, 3.05) is 19.8 Å². The van der Waals surface area contributed by atoms with Crippen LogP contribution in [0.3, 0.4) is 0 Å². The average Bonchev–Trinajstić information content (AvgIpc) is 2.63. The molecule has 0 saturated carbocycles. The van der Waals surface area contributed by atoms with E-state index in [0.29, 0.717) is 25.9 Å². The molecule has 2 amide bonds. The third kappa shape index (κ3) is 3.86. The van der Waals surface area contributed by atoms with Gasteiger partial charge in [0.15, 0.2) is 6.67 Å². The van der Waals surface area contributed by atoms with Crippen LogP contribution in [0.5, 0.6) is 0 Å². The van der Waals surface area contributed by atoms with E-state index in [0.717, 1.165) is 4.90 Å². The van der Waals surface area contributed by atoms with Crippen molar-refractivity contribution < 1.29 is 14.5 Å². The minimum atomic E-state index is -0.151. The summed E-state index contributed by atoms with van der Waals surface area (Å²) >= 11 is 0.